The van der Waals surface area contributed by atoms with Crippen LogP contribution in [0.25, 0.3) is 0 Å². The van der Waals surface area contributed by atoms with Gasteiger partial charge in [0.1, 0.15) is 0 Å². The van der Waals surface area contributed by atoms with Crippen LogP contribution in [0.5, 0.6) is 0 Å². The number of carbonyl (C=O) groups is 1. The number of aryl methyl sites for hydroxylation is 1. The van der Waals surface area contributed by atoms with E-state index < -0.39 is 0 Å². The Bertz CT molecular complexity index is 682. The third-order valence-corrected chi connectivity index (χ3v) is 6.66. The standard InChI is InChI=1S/C19H26N4OS/c24-19(18-5-4-17(25-18)16-3-1-9-20-16)22-12-6-15(7-13-22)8-14-23-11-2-10-21-23/h2,4-5,10-11,15-16,20H,1,3,6-9,12-14H2/t16-/m1/s1. The SMILES string of the molecule is O=C(c1ccc([C@H]2CCCN2)s1)N1CCC(CCn2cccn2)CC1. The number of thiophene rings is 1. The molecule has 134 valence electrons. The number of piperidine rings is 1. The van der Waals surface area contributed by atoms with Crippen molar-refractivity contribution >= 4 is 17.2 Å². The Hall–Kier alpha value is -1.66. The van der Waals surface area contributed by atoms with Crippen LogP contribution in [0.3, 0.4) is 0 Å². The molecule has 4 rings (SSSR count). The summed E-state index contributed by atoms with van der Waals surface area (Å²) in [5, 5.41) is 7.78. The Kier molecular flexibility index (Phi) is 5.17. The second-order valence-electron chi connectivity index (χ2n) is 7.14. The minimum Gasteiger partial charge on any atom is -0.338 e. The van der Waals surface area contributed by atoms with Crippen molar-refractivity contribution in [2.75, 3.05) is 19.6 Å². The number of nitrogens with one attached hydrogen (secondary N) is 1. The lowest BCUT2D eigenvalue weighted by atomic mass is 9.93. The molecule has 1 atom stereocenters. The van der Waals surface area contributed by atoms with Gasteiger partial charge in [-0.25, -0.2) is 0 Å². The van der Waals surface area contributed by atoms with E-state index in [0.717, 1.165) is 50.3 Å². The molecule has 0 bridgehead atoms. The van der Waals surface area contributed by atoms with Gasteiger partial charge in [0.25, 0.3) is 5.91 Å². The highest BCUT2D eigenvalue weighted by molar-refractivity contribution is 7.14. The summed E-state index contributed by atoms with van der Waals surface area (Å²) < 4.78 is 2.00. The highest BCUT2D eigenvalue weighted by Gasteiger charge is 2.26. The van der Waals surface area contributed by atoms with Crippen molar-refractivity contribution in [3.05, 3.63) is 40.3 Å². The smallest absolute Gasteiger partial charge is 0.263 e. The van der Waals surface area contributed by atoms with Gasteiger partial charge in [0, 0.05) is 42.9 Å². The highest BCUT2D eigenvalue weighted by atomic mass is 32.1. The quantitative estimate of drug-likeness (QED) is 0.892. The van der Waals surface area contributed by atoms with E-state index in [4.69, 9.17) is 0 Å². The Morgan fingerprint density at radius 3 is 2.88 bits per heavy atom. The van der Waals surface area contributed by atoms with Gasteiger partial charge in [0.15, 0.2) is 0 Å². The van der Waals surface area contributed by atoms with Gasteiger partial charge in [-0.3, -0.25) is 9.48 Å². The zero-order valence-electron chi connectivity index (χ0n) is 14.6. The largest absolute Gasteiger partial charge is 0.338 e. The van der Waals surface area contributed by atoms with Crippen LogP contribution in [-0.4, -0.2) is 40.2 Å². The summed E-state index contributed by atoms with van der Waals surface area (Å²) in [4.78, 5) is 17.0. The molecular formula is C19H26N4OS. The zero-order valence-corrected chi connectivity index (χ0v) is 15.4. The van der Waals surface area contributed by atoms with Crippen LogP contribution in [0.4, 0.5) is 0 Å². The van der Waals surface area contributed by atoms with E-state index in [1.807, 2.05) is 34.1 Å². The lowest BCUT2D eigenvalue weighted by Gasteiger charge is -2.31. The van der Waals surface area contributed by atoms with Gasteiger partial charge in [-0.15, -0.1) is 11.3 Å². The van der Waals surface area contributed by atoms with Crippen LogP contribution in [-0.2, 0) is 6.54 Å². The predicted octanol–water partition coefficient (Wildman–Crippen LogP) is 3.31. The number of amides is 1. The van der Waals surface area contributed by atoms with Gasteiger partial charge in [0.05, 0.1) is 4.88 Å². The van der Waals surface area contributed by atoms with Crippen LogP contribution < -0.4 is 5.32 Å². The Balaban J connectivity index is 1.27. The number of carbonyl (C=O) groups excluding carboxylic acids is 1. The van der Waals surface area contributed by atoms with Crippen LogP contribution in [0.2, 0.25) is 0 Å². The van der Waals surface area contributed by atoms with Crippen molar-refractivity contribution in [2.45, 2.75) is 44.7 Å². The molecular weight excluding hydrogens is 332 g/mol. The molecule has 2 aromatic heterocycles. The van der Waals surface area contributed by atoms with Crippen LogP contribution >= 0.6 is 11.3 Å². The van der Waals surface area contributed by atoms with Gasteiger partial charge in [-0.1, -0.05) is 0 Å². The average Bonchev–Trinajstić information content (AvgIpc) is 3.42. The van der Waals surface area contributed by atoms with Gasteiger partial charge in [-0.2, -0.15) is 5.10 Å². The highest BCUT2D eigenvalue weighted by Crippen LogP contribution is 2.31. The van der Waals surface area contributed by atoms with Crippen molar-refractivity contribution in [3.63, 3.8) is 0 Å². The van der Waals surface area contributed by atoms with E-state index in [1.54, 1.807) is 11.3 Å². The van der Waals surface area contributed by atoms with Crippen LogP contribution in [0, 0.1) is 5.92 Å². The number of rotatable bonds is 5. The maximum Gasteiger partial charge on any atom is 0.263 e. The number of aromatic nitrogens is 2. The summed E-state index contributed by atoms with van der Waals surface area (Å²) in [5.41, 5.74) is 0. The Morgan fingerprint density at radius 2 is 2.16 bits per heavy atom. The summed E-state index contributed by atoms with van der Waals surface area (Å²) >= 11 is 1.68. The molecule has 6 heteroatoms. The number of hydrogen-bond acceptors (Lipinski definition) is 4. The second kappa shape index (κ2) is 7.70. The minimum absolute atomic E-state index is 0.222. The Morgan fingerprint density at radius 1 is 1.28 bits per heavy atom. The van der Waals surface area contributed by atoms with Gasteiger partial charge >= 0.3 is 0 Å². The van der Waals surface area contributed by atoms with E-state index in [1.165, 1.54) is 17.7 Å². The van der Waals surface area contributed by atoms with E-state index in [0.29, 0.717) is 12.0 Å². The molecule has 2 saturated heterocycles. The molecule has 2 aliphatic rings. The van der Waals surface area contributed by atoms with E-state index >= 15 is 0 Å². The van der Waals surface area contributed by atoms with E-state index in [-0.39, 0.29) is 5.91 Å². The second-order valence-corrected chi connectivity index (χ2v) is 8.26. The topological polar surface area (TPSA) is 50.2 Å². The van der Waals surface area contributed by atoms with Crippen LogP contribution in [0.1, 0.15) is 52.7 Å². The molecule has 0 saturated carbocycles. The molecule has 2 aliphatic heterocycles. The normalized spacial score (nSPS) is 21.8. The van der Waals surface area contributed by atoms with Crippen molar-refractivity contribution < 1.29 is 4.79 Å². The first-order chi connectivity index (χ1) is 12.3. The van der Waals surface area contributed by atoms with Crippen molar-refractivity contribution in [1.29, 1.82) is 0 Å². The van der Waals surface area contributed by atoms with Crippen molar-refractivity contribution in [2.24, 2.45) is 5.92 Å². The third kappa shape index (κ3) is 3.96. The van der Waals surface area contributed by atoms with E-state index in [2.05, 4.69) is 16.5 Å². The maximum atomic E-state index is 12.8. The van der Waals surface area contributed by atoms with Gasteiger partial charge in [0.2, 0.25) is 0 Å². The molecule has 2 fully saturated rings. The molecule has 0 radical (unpaired) electrons. The van der Waals surface area contributed by atoms with Crippen molar-refractivity contribution in [3.8, 4) is 0 Å². The third-order valence-electron chi connectivity index (χ3n) is 5.47. The zero-order chi connectivity index (χ0) is 17.1. The molecule has 25 heavy (non-hydrogen) atoms. The van der Waals surface area contributed by atoms with Crippen LogP contribution in [0.15, 0.2) is 30.6 Å². The molecule has 4 heterocycles. The molecule has 5 nitrogen and oxygen atoms in total. The number of nitrogens with zero attached hydrogens (tertiary/aromatic N) is 3. The fraction of sp³-hybridized carbons (Fsp3) is 0.579. The molecule has 0 aliphatic carbocycles. The van der Waals surface area contributed by atoms with Crippen molar-refractivity contribution in [1.82, 2.24) is 20.0 Å². The molecule has 1 N–H and O–H groups in total. The summed E-state index contributed by atoms with van der Waals surface area (Å²) in [5.74, 6) is 0.926. The molecule has 1 amide bonds. The molecule has 0 spiro atoms. The average molecular weight is 359 g/mol. The lowest BCUT2D eigenvalue weighted by molar-refractivity contribution is 0.0689. The summed E-state index contributed by atoms with van der Waals surface area (Å²) in [6.07, 6.45) is 9.64. The van der Waals surface area contributed by atoms with E-state index in [9.17, 15) is 4.79 Å². The first-order valence-corrected chi connectivity index (χ1v) is 10.2. The molecule has 0 aromatic carbocycles. The lowest BCUT2D eigenvalue weighted by Crippen LogP contribution is -2.38. The minimum atomic E-state index is 0.222. The fourth-order valence-corrected chi connectivity index (χ4v) is 5.00. The monoisotopic (exact) mass is 358 g/mol. The summed E-state index contributed by atoms with van der Waals surface area (Å²) in [6, 6.07) is 6.58. The molecule has 0 unspecified atom stereocenters. The van der Waals surface area contributed by atoms with Gasteiger partial charge in [-0.05, 0) is 62.8 Å². The number of hydrogen-bond donors (Lipinski definition) is 1. The van der Waals surface area contributed by atoms with Gasteiger partial charge < -0.3 is 10.2 Å². The maximum absolute atomic E-state index is 12.8. The first kappa shape index (κ1) is 16.8. The summed E-state index contributed by atoms with van der Waals surface area (Å²) in [7, 11) is 0. The summed E-state index contributed by atoms with van der Waals surface area (Å²) in [6.45, 7) is 3.85. The first-order valence-electron chi connectivity index (χ1n) is 9.39. The fourth-order valence-electron chi connectivity index (χ4n) is 3.91. The predicted molar refractivity (Wildman–Crippen MR) is 99.8 cm³/mol. The molecule has 2 aromatic rings. The number of likely N-dealkylation sites (tertiary alicyclic amines) is 1. The Labute approximate surface area is 153 Å².